The Kier molecular flexibility index (Phi) is 5.72. The minimum atomic E-state index is -0.730. The molecule has 0 aliphatic rings. The zero-order valence-electron chi connectivity index (χ0n) is 9.63. The first-order chi connectivity index (χ1) is 6.36. The largest absolute Gasteiger partial charge is 0.481 e. The molecule has 0 rings (SSSR count). The van der Waals surface area contributed by atoms with Crippen LogP contribution in [0.1, 0.15) is 20.3 Å². The van der Waals surface area contributed by atoms with Crippen molar-refractivity contribution in [1.82, 2.24) is 10.2 Å². The standard InChI is InChI=1S/C10H22N2O2/c1-10(2,9(13)14)5-6-11-7-8-12(3)4/h11H,5-8H2,1-4H3,(H,13,14). The third-order valence-electron chi connectivity index (χ3n) is 2.24. The molecule has 14 heavy (non-hydrogen) atoms. The average molecular weight is 202 g/mol. The van der Waals surface area contributed by atoms with Crippen LogP contribution in [0.15, 0.2) is 0 Å². The van der Waals surface area contributed by atoms with Gasteiger partial charge in [0, 0.05) is 13.1 Å². The van der Waals surface area contributed by atoms with Crippen molar-refractivity contribution in [3.8, 4) is 0 Å². The highest BCUT2D eigenvalue weighted by atomic mass is 16.4. The van der Waals surface area contributed by atoms with E-state index >= 15 is 0 Å². The summed E-state index contributed by atoms with van der Waals surface area (Å²) in [6.07, 6.45) is 0.662. The fourth-order valence-electron chi connectivity index (χ4n) is 0.935. The van der Waals surface area contributed by atoms with E-state index in [9.17, 15) is 4.79 Å². The highest BCUT2D eigenvalue weighted by molar-refractivity contribution is 5.73. The monoisotopic (exact) mass is 202 g/mol. The molecule has 0 aromatic rings. The van der Waals surface area contributed by atoms with Crippen molar-refractivity contribution in [2.75, 3.05) is 33.7 Å². The number of nitrogens with zero attached hydrogens (tertiary/aromatic N) is 1. The molecule has 0 radical (unpaired) electrons. The summed E-state index contributed by atoms with van der Waals surface area (Å²) in [4.78, 5) is 12.8. The van der Waals surface area contributed by atoms with Crippen LogP contribution in [-0.2, 0) is 4.79 Å². The van der Waals surface area contributed by atoms with Crippen molar-refractivity contribution in [2.45, 2.75) is 20.3 Å². The lowest BCUT2D eigenvalue weighted by Crippen LogP contribution is -2.32. The van der Waals surface area contributed by atoms with Crippen LogP contribution in [0.4, 0.5) is 0 Å². The number of carboxylic acids is 1. The molecule has 0 fully saturated rings. The molecule has 2 N–H and O–H groups in total. The van der Waals surface area contributed by atoms with E-state index in [0.717, 1.165) is 19.6 Å². The van der Waals surface area contributed by atoms with Crippen LogP contribution in [-0.4, -0.2) is 49.7 Å². The Morgan fingerprint density at radius 2 is 1.93 bits per heavy atom. The number of carboxylic acid groups (broad SMARTS) is 1. The summed E-state index contributed by atoms with van der Waals surface area (Å²) in [5, 5.41) is 12.1. The van der Waals surface area contributed by atoms with Gasteiger partial charge in [0.1, 0.15) is 0 Å². The predicted molar refractivity (Wildman–Crippen MR) is 57.5 cm³/mol. The number of aliphatic carboxylic acids is 1. The first-order valence-corrected chi connectivity index (χ1v) is 4.95. The van der Waals surface area contributed by atoms with Gasteiger partial charge in [-0.1, -0.05) is 0 Å². The summed E-state index contributed by atoms with van der Waals surface area (Å²) in [5.41, 5.74) is -0.620. The molecule has 0 atom stereocenters. The second kappa shape index (κ2) is 5.98. The molecule has 4 heteroatoms. The van der Waals surface area contributed by atoms with Gasteiger partial charge in [-0.3, -0.25) is 4.79 Å². The molecule has 0 bridgehead atoms. The fraction of sp³-hybridized carbons (Fsp3) is 0.900. The van der Waals surface area contributed by atoms with E-state index in [1.54, 1.807) is 13.8 Å². The Balaban J connectivity index is 3.49. The van der Waals surface area contributed by atoms with E-state index in [-0.39, 0.29) is 0 Å². The molecular formula is C10H22N2O2. The lowest BCUT2D eigenvalue weighted by atomic mass is 9.90. The molecule has 0 aliphatic heterocycles. The maximum atomic E-state index is 10.8. The zero-order chi connectivity index (χ0) is 11.2. The van der Waals surface area contributed by atoms with Crippen molar-refractivity contribution in [2.24, 2.45) is 5.41 Å². The molecule has 0 aliphatic carbocycles. The fourth-order valence-corrected chi connectivity index (χ4v) is 0.935. The van der Waals surface area contributed by atoms with E-state index in [0.29, 0.717) is 6.42 Å². The number of nitrogens with one attached hydrogen (secondary N) is 1. The Morgan fingerprint density at radius 1 is 1.36 bits per heavy atom. The van der Waals surface area contributed by atoms with Crippen molar-refractivity contribution in [3.05, 3.63) is 0 Å². The van der Waals surface area contributed by atoms with E-state index in [1.165, 1.54) is 0 Å². The molecular weight excluding hydrogens is 180 g/mol. The van der Waals surface area contributed by atoms with Crippen LogP contribution < -0.4 is 5.32 Å². The molecule has 0 spiro atoms. The van der Waals surface area contributed by atoms with Crippen LogP contribution in [0.3, 0.4) is 0 Å². The normalized spacial score (nSPS) is 12.1. The molecule has 0 heterocycles. The number of likely N-dealkylation sites (N-methyl/N-ethyl adjacent to an activating group) is 1. The Hall–Kier alpha value is -0.610. The summed E-state index contributed by atoms with van der Waals surface area (Å²) in [6.45, 7) is 6.15. The third-order valence-corrected chi connectivity index (χ3v) is 2.24. The lowest BCUT2D eigenvalue weighted by Gasteiger charge is -2.19. The predicted octanol–water partition coefficient (Wildman–Crippen LogP) is 0.639. The van der Waals surface area contributed by atoms with Gasteiger partial charge in [-0.2, -0.15) is 0 Å². The summed E-state index contributed by atoms with van der Waals surface area (Å²) in [7, 11) is 4.03. The number of hydrogen-bond acceptors (Lipinski definition) is 3. The average Bonchev–Trinajstić information content (AvgIpc) is 2.02. The topological polar surface area (TPSA) is 52.6 Å². The second-order valence-electron chi connectivity index (χ2n) is 4.49. The molecule has 84 valence electrons. The smallest absolute Gasteiger partial charge is 0.309 e. The van der Waals surface area contributed by atoms with Crippen LogP contribution in [0, 0.1) is 5.41 Å². The number of hydrogen-bond donors (Lipinski definition) is 2. The quantitative estimate of drug-likeness (QED) is 0.595. The number of carbonyl (C=O) groups is 1. The number of rotatable bonds is 7. The zero-order valence-corrected chi connectivity index (χ0v) is 9.63. The van der Waals surface area contributed by atoms with Gasteiger partial charge in [0.25, 0.3) is 0 Å². The molecule has 0 aromatic heterocycles. The van der Waals surface area contributed by atoms with Gasteiger partial charge in [0.2, 0.25) is 0 Å². The van der Waals surface area contributed by atoms with Crippen molar-refractivity contribution in [1.29, 1.82) is 0 Å². The molecule has 0 unspecified atom stereocenters. The van der Waals surface area contributed by atoms with Crippen LogP contribution in [0.5, 0.6) is 0 Å². The minimum Gasteiger partial charge on any atom is -0.481 e. The molecule has 0 saturated carbocycles. The van der Waals surface area contributed by atoms with E-state index < -0.39 is 11.4 Å². The SMILES string of the molecule is CN(C)CCNCCC(C)(C)C(=O)O. The van der Waals surface area contributed by atoms with Gasteiger partial charge in [-0.25, -0.2) is 0 Å². The summed E-state index contributed by atoms with van der Waals surface area (Å²) < 4.78 is 0. The van der Waals surface area contributed by atoms with Crippen molar-refractivity contribution >= 4 is 5.97 Å². The maximum absolute atomic E-state index is 10.8. The first kappa shape index (κ1) is 13.4. The van der Waals surface area contributed by atoms with Gasteiger partial charge in [-0.05, 0) is 40.9 Å². The Bertz CT molecular complexity index is 179. The Morgan fingerprint density at radius 3 is 2.36 bits per heavy atom. The van der Waals surface area contributed by atoms with Crippen LogP contribution in [0.2, 0.25) is 0 Å². The van der Waals surface area contributed by atoms with Gasteiger partial charge < -0.3 is 15.3 Å². The molecule has 0 saturated heterocycles. The molecule has 4 nitrogen and oxygen atoms in total. The summed E-state index contributed by atoms with van der Waals surface area (Å²) >= 11 is 0. The summed E-state index contributed by atoms with van der Waals surface area (Å²) in [5.74, 6) is -0.730. The van der Waals surface area contributed by atoms with E-state index in [2.05, 4.69) is 10.2 Å². The Labute approximate surface area is 86.3 Å². The van der Waals surface area contributed by atoms with Crippen LogP contribution >= 0.6 is 0 Å². The van der Waals surface area contributed by atoms with Gasteiger partial charge in [0.05, 0.1) is 5.41 Å². The first-order valence-electron chi connectivity index (χ1n) is 4.95. The van der Waals surface area contributed by atoms with Gasteiger partial charge >= 0.3 is 5.97 Å². The van der Waals surface area contributed by atoms with Gasteiger partial charge in [0.15, 0.2) is 0 Å². The third kappa shape index (κ3) is 5.94. The molecule has 0 amide bonds. The van der Waals surface area contributed by atoms with Crippen molar-refractivity contribution in [3.63, 3.8) is 0 Å². The van der Waals surface area contributed by atoms with Gasteiger partial charge in [-0.15, -0.1) is 0 Å². The highest BCUT2D eigenvalue weighted by Crippen LogP contribution is 2.19. The highest BCUT2D eigenvalue weighted by Gasteiger charge is 2.25. The van der Waals surface area contributed by atoms with E-state index in [4.69, 9.17) is 5.11 Å². The minimum absolute atomic E-state index is 0.620. The summed E-state index contributed by atoms with van der Waals surface area (Å²) in [6, 6.07) is 0. The second-order valence-corrected chi connectivity index (χ2v) is 4.49. The van der Waals surface area contributed by atoms with E-state index in [1.807, 2.05) is 14.1 Å². The van der Waals surface area contributed by atoms with Crippen molar-refractivity contribution < 1.29 is 9.90 Å². The maximum Gasteiger partial charge on any atom is 0.309 e. The molecule has 0 aromatic carbocycles. The van der Waals surface area contributed by atoms with Crippen LogP contribution in [0.25, 0.3) is 0 Å². The lowest BCUT2D eigenvalue weighted by molar-refractivity contribution is -0.147.